The molecule has 17 heavy (non-hydrogen) atoms. The number of hydrogen-bond acceptors (Lipinski definition) is 0. The van der Waals surface area contributed by atoms with Gasteiger partial charge in [0.2, 0.25) is 0 Å². The van der Waals surface area contributed by atoms with Gasteiger partial charge >= 0.3 is 0 Å². The summed E-state index contributed by atoms with van der Waals surface area (Å²) in [4.78, 5) is 0. The van der Waals surface area contributed by atoms with Gasteiger partial charge in [0.05, 0.1) is 13.1 Å². The molecule has 0 unspecified atom stereocenters. The van der Waals surface area contributed by atoms with Crippen molar-refractivity contribution in [2.24, 2.45) is 0 Å². The summed E-state index contributed by atoms with van der Waals surface area (Å²) in [6, 6.07) is 0. The van der Waals surface area contributed by atoms with Crippen LogP contribution in [-0.2, 0) is 0 Å². The zero-order chi connectivity index (χ0) is 12.6. The van der Waals surface area contributed by atoms with E-state index < -0.39 is 0 Å². The predicted octanol–water partition coefficient (Wildman–Crippen LogP) is 4.10. The lowest BCUT2D eigenvalue weighted by Gasteiger charge is -2.02. The highest BCUT2D eigenvalue weighted by Gasteiger charge is 1.94. The number of quaternary nitrogens is 1. The number of alkyl halides is 1. The first kappa shape index (κ1) is 17.2. The number of rotatable bonds is 14. The third kappa shape index (κ3) is 16.2. The summed E-state index contributed by atoms with van der Waals surface area (Å²) in [6.07, 6.45) is 15.5. The molecule has 0 bridgehead atoms. The van der Waals surface area contributed by atoms with Gasteiger partial charge in [-0.3, -0.25) is 0 Å². The van der Waals surface area contributed by atoms with Crippen molar-refractivity contribution in [2.75, 3.05) is 19.0 Å². The Hall–Kier alpha value is 0.250. The van der Waals surface area contributed by atoms with Crippen molar-refractivity contribution in [1.82, 2.24) is 0 Å². The quantitative estimate of drug-likeness (QED) is 0.359. The Labute approximate surface area is 114 Å². The van der Waals surface area contributed by atoms with Crippen LogP contribution in [0.15, 0.2) is 0 Å². The highest BCUT2D eigenvalue weighted by molar-refractivity contribution is 6.17. The van der Waals surface area contributed by atoms with Gasteiger partial charge in [0, 0.05) is 12.3 Å². The van der Waals surface area contributed by atoms with E-state index in [-0.39, 0.29) is 0 Å². The molecule has 0 rings (SSSR count). The molecule has 0 heterocycles. The van der Waals surface area contributed by atoms with Gasteiger partial charge in [-0.2, -0.15) is 0 Å². The van der Waals surface area contributed by atoms with Gasteiger partial charge in [0.25, 0.3) is 0 Å². The van der Waals surface area contributed by atoms with Gasteiger partial charge in [-0.25, -0.2) is 0 Å². The molecule has 0 radical (unpaired) electrons. The minimum Gasteiger partial charge on any atom is -0.346 e. The Morgan fingerprint density at radius 1 is 0.647 bits per heavy atom. The molecule has 0 aromatic carbocycles. The first-order chi connectivity index (χ1) is 8.41. The summed E-state index contributed by atoms with van der Waals surface area (Å²) < 4.78 is 0. The van der Waals surface area contributed by atoms with Crippen LogP contribution in [0.3, 0.4) is 0 Å². The molecular weight excluding hydrogens is 230 g/mol. The largest absolute Gasteiger partial charge is 0.346 e. The summed E-state index contributed by atoms with van der Waals surface area (Å²) in [5.74, 6) is 0.814. The normalized spacial score (nSPS) is 10.9. The Bertz CT molecular complexity index is 114. The summed E-state index contributed by atoms with van der Waals surface area (Å²) in [6.45, 7) is 4.79. The molecule has 0 fully saturated rings. The fourth-order valence-corrected chi connectivity index (χ4v) is 2.30. The first-order valence-electron chi connectivity index (χ1n) is 7.79. The third-order valence-corrected chi connectivity index (χ3v) is 3.57. The van der Waals surface area contributed by atoms with Crippen molar-refractivity contribution in [3.63, 3.8) is 0 Å². The van der Waals surface area contributed by atoms with Crippen LogP contribution in [0.1, 0.15) is 77.6 Å². The molecule has 0 saturated heterocycles. The van der Waals surface area contributed by atoms with Crippen molar-refractivity contribution < 1.29 is 5.32 Å². The molecule has 0 aromatic heterocycles. The Kier molecular flexibility index (Phi) is 16.5. The van der Waals surface area contributed by atoms with E-state index >= 15 is 0 Å². The fraction of sp³-hybridized carbons (Fsp3) is 1.00. The highest BCUT2D eigenvalue weighted by atomic mass is 35.5. The van der Waals surface area contributed by atoms with Crippen LogP contribution in [0.2, 0.25) is 0 Å². The molecule has 0 aromatic rings. The zero-order valence-corrected chi connectivity index (χ0v) is 12.6. The molecule has 0 aliphatic carbocycles. The number of unbranched alkanes of at least 4 members (excludes halogenated alkanes) is 9. The van der Waals surface area contributed by atoms with E-state index in [1.807, 2.05) is 0 Å². The maximum absolute atomic E-state index is 5.62. The van der Waals surface area contributed by atoms with Crippen LogP contribution >= 0.6 is 11.6 Å². The van der Waals surface area contributed by atoms with Gasteiger partial charge in [0.15, 0.2) is 0 Å². The molecule has 0 spiro atoms. The van der Waals surface area contributed by atoms with E-state index in [1.54, 1.807) is 0 Å². The van der Waals surface area contributed by atoms with Gasteiger partial charge in [-0.1, -0.05) is 58.3 Å². The van der Waals surface area contributed by atoms with Crippen LogP contribution in [0.5, 0.6) is 0 Å². The minimum atomic E-state index is 0.814. The van der Waals surface area contributed by atoms with Gasteiger partial charge < -0.3 is 5.32 Å². The van der Waals surface area contributed by atoms with Crippen LogP contribution in [0, 0.1) is 0 Å². The minimum absolute atomic E-state index is 0.814. The molecule has 0 amide bonds. The lowest BCUT2D eigenvalue weighted by atomic mass is 10.1. The first-order valence-corrected chi connectivity index (χ1v) is 8.33. The van der Waals surface area contributed by atoms with Crippen LogP contribution in [0.4, 0.5) is 0 Å². The molecule has 0 saturated carbocycles. The summed E-state index contributed by atoms with van der Waals surface area (Å²) in [5.41, 5.74) is 0. The van der Waals surface area contributed by atoms with Crippen molar-refractivity contribution in [3.05, 3.63) is 0 Å². The van der Waals surface area contributed by atoms with Gasteiger partial charge in [0.1, 0.15) is 0 Å². The lowest BCUT2D eigenvalue weighted by Crippen LogP contribution is -2.84. The number of nitrogens with two attached hydrogens (primary N) is 1. The van der Waals surface area contributed by atoms with Gasteiger partial charge in [-0.15, -0.1) is 11.6 Å². The molecule has 0 atom stereocenters. The molecule has 1 nitrogen and oxygen atoms in total. The van der Waals surface area contributed by atoms with Crippen molar-refractivity contribution in [1.29, 1.82) is 0 Å². The number of hydrogen-bond donors (Lipinski definition) is 1. The van der Waals surface area contributed by atoms with Crippen LogP contribution < -0.4 is 5.32 Å². The van der Waals surface area contributed by atoms with E-state index in [0.717, 1.165) is 12.3 Å². The second kappa shape index (κ2) is 16.2. The van der Waals surface area contributed by atoms with E-state index in [0.29, 0.717) is 0 Å². The highest BCUT2D eigenvalue weighted by Crippen LogP contribution is 2.09. The van der Waals surface area contributed by atoms with E-state index in [4.69, 9.17) is 11.6 Å². The van der Waals surface area contributed by atoms with Crippen LogP contribution in [0.25, 0.3) is 0 Å². The van der Waals surface area contributed by atoms with Crippen molar-refractivity contribution in [2.45, 2.75) is 77.6 Å². The molecule has 2 N–H and O–H groups in total. The summed E-state index contributed by atoms with van der Waals surface area (Å²) in [5, 5.41) is 2.41. The zero-order valence-electron chi connectivity index (χ0n) is 11.9. The second-order valence-corrected chi connectivity index (χ2v) is 5.47. The lowest BCUT2D eigenvalue weighted by molar-refractivity contribution is -0.654. The van der Waals surface area contributed by atoms with Crippen molar-refractivity contribution in [3.8, 4) is 0 Å². The standard InChI is InChI=1S/C15H32ClN/c1-2-3-4-5-6-7-8-9-10-11-14-17-15-12-13-16/h17H,2-15H2,1H3/p+1. The predicted molar refractivity (Wildman–Crippen MR) is 78.8 cm³/mol. The van der Waals surface area contributed by atoms with E-state index in [9.17, 15) is 0 Å². The van der Waals surface area contributed by atoms with Crippen LogP contribution in [-0.4, -0.2) is 19.0 Å². The molecule has 0 aliphatic heterocycles. The Morgan fingerprint density at radius 3 is 1.65 bits per heavy atom. The maximum Gasteiger partial charge on any atom is 0.0766 e. The monoisotopic (exact) mass is 262 g/mol. The summed E-state index contributed by atoms with van der Waals surface area (Å²) >= 11 is 5.62. The summed E-state index contributed by atoms with van der Waals surface area (Å²) in [7, 11) is 0. The van der Waals surface area contributed by atoms with Gasteiger partial charge in [-0.05, 0) is 12.8 Å². The van der Waals surface area contributed by atoms with E-state index in [2.05, 4.69) is 12.2 Å². The molecular formula is C15H33ClN+. The average Bonchev–Trinajstić information content (AvgIpc) is 2.35. The molecule has 2 heteroatoms. The topological polar surface area (TPSA) is 16.6 Å². The van der Waals surface area contributed by atoms with E-state index in [1.165, 1.54) is 77.3 Å². The fourth-order valence-electron chi connectivity index (χ4n) is 2.14. The Balaban J connectivity index is 2.85. The molecule has 0 aliphatic rings. The SMILES string of the molecule is CCCCCCCCCCCC[NH2+]CCCCl. The van der Waals surface area contributed by atoms with Crippen molar-refractivity contribution >= 4 is 11.6 Å². The average molecular weight is 263 g/mol. The second-order valence-electron chi connectivity index (χ2n) is 5.09. The maximum atomic E-state index is 5.62. The smallest absolute Gasteiger partial charge is 0.0766 e. The molecule has 104 valence electrons. The number of halogens is 1. The third-order valence-electron chi connectivity index (χ3n) is 3.30. The Morgan fingerprint density at radius 2 is 1.12 bits per heavy atom.